The average molecular weight is 411 g/mol. The lowest BCUT2D eigenvalue weighted by atomic mass is 10.2. The quantitative estimate of drug-likeness (QED) is 0.518. The Balaban J connectivity index is 1.52. The van der Waals surface area contributed by atoms with Crippen LogP contribution in [0.15, 0.2) is 65.7 Å². The van der Waals surface area contributed by atoms with E-state index < -0.39 is 0 Å². The van der Waals surface area contributed by atoms with Crippen molar-refractivity contribution in [2.24, 2.45) is 0 Å². The van der Waals surface area contributed by atoms with Gasteiger partial charge in [-0.15, -0.1) is 0 Å². The molecule has 0 saturated carbocycles. The Morgan fingerprint density at radius 2 is 1.92 bits per heavy atom. The third-order valence-electron chi connectivity index (χ3n) is 4.01. The molecule has 130 valence electrons. The molecule has 1 amide bonds. The molecule has 0 N–H and O–H groups in total. The van der Waals surface area contributed by atoms with Crippen molar-refractivity contribution in [3.8, 4) is 5.69 Å². The van der Waals surface area contributed by atoms with E-state index in [0.29, 0.717) is 22.4 Å². The highest BCUT2D eigenvalue weighted by Crippen LogP contribution is 2.22. The molecule has 26 heavy (non-hydrogen) atoms. The summed E-state index contributed by atoms with van der Waals surface area (Å²) in [6, 6.07) is 11.6. The number of fused-ring (bicyclic) bond motifs is 1. The molecule has 0 aliphatic heterocycles. The van der Waals surface area contributed by atoms with Crippen molar-refractivity contribution >= 4 is 27.5 Å². The molecule has 0 saturated heterocycles. The van der Waals surface area contributed by atoms with Crippen LogP contribution in [0.3, 0.4) is 0 Å². The third kappa shape index (κ3) is 2.99. The van der Waals surface area contributed by atoms with E-state index in [4.69, 9.17) is 0 Å². The molecule has 1 aromatic carbocycles. The molecule has 0 atom stereocenters. The lowest BCUT2D eigenvalue weighted by Gasteiger charge is -2.16. The Hall–Kier alpha value is -3.00. The van der Waals surface area contributed by atoms with Gasteiger partial charge < -0.3 is 4.90 Å². The van der Waals surface area contributed by atoms with Crippen LogP contribution >= 0.6 is 15.9 Å². The van der Waals surface area contributed by atoms with Gasteiger partial charge in [-0.1, -0.05) is 12.1 Å². The lowest BCUT2D eigenvalue weighted by Crippen LogP contribution is -2.27. The molecule has 0 radical (unpaired) electrons. The van der Waals surface area contributed by atoms with E-state index >= 15 is 0 Å². The highest BCUT2D eigenvalue weighted by atomic mass is 79.9. The van der Waals surface area contributed by atoms with Gasteiger partial charge in [0.15, 0.2) is 11.3 Å². The van der Waals surface area contributed by atoms with E-state index in [1.165, 1.54) is 0 Å². The van der Waals surface area contributed by atoms with E-state index in [1.807, 2.05) is 36.5 Å². The first-order valence-electron chi connectivity index (χ1n) is 7.97. The van der Waals surface area contributed by atoms with Gasteiger partial charge in [-0.25, -0.2) is 14.2 Å². The largest absolute Gasteiger partial charge is 0.336 e. The van der Waals surface area contributed by atoms with Crippen molar-refractivity contribution in [1.82, 2.24) is 29.3 Å². The Morgan fingerprint density at radius 1 is 1.15 bits per heavy atom. The van der Waals surface area contributed by atoms with Crippen LogP contribution in [0.5, 0.6) is 0 Å². The molecule has 4 rings (SSSR count). The van der Waals surface area contributed by atoms with Gasteiger partial charge in [-0.3, -0.25) is 4.79 Å². The highest BCUT2D eigenvalue weighted by molar-refractivity contribution is 9.10. The summed E-state index contributed by atoms with van der Waals surface area (Å²) in [5.74, 6) is -0.168. The molecule has 0 aliphatic rings. The van der Waals surface area contributed by atoms with E-state index in [2.05, 4.69) is 31.1 Å². The molecule has 0 fully saturated rings. The van der Waals surface area contributed by atoms with Crippen LogP contribution in [0.25, 0.3) is 11.3 Å². The fourth-order valence-electron chi connectivity index (χ4n) is 2.70. The fourth-order valence-corrected chi connectivity index (χ4v) is 3.23. The van der Waals surface area contributed by atoms with Gasteiger partial charge in [-0.05, 0) is 45.8 Å². The summed E-state index contributed by atoms with van der Waals surface area (Å²) < 4.78 is 3.98. The second-order valence-electron chi connectivity index (χ2n) is 5.83. The molecule has 3 heterocycles. The Morgan fingerprint density at radius 3 is 2.62 bits per heavy atom. The second kappa shape index (κ2) is 6.72. The standard InChI is InChI=1S/C18H15BrN6O/c1-23(12-13-4-6-14(7-5-13)24-10-3-9-21-24)18(26)16-15(19)17-20-8-2-11-25(17)22-16/h2-11H,12H2,1H3. The number of benzene rings is 1. The van der Waals surface area contributed by atoms with Crippen LogP contribution in [0.2, 0.25) is 0 Å². The third-order valence-corrected chi connectivity index (χ3v) is 4.74. The summed E-state index contributed by atoms with van der Waals surface area (Å²) in [6.45, 7) is 0.478. The van der Waals surface area contributed by atoms with Crippen molar-refractivity contribution in [3.05, 3.63) is 76.9 Å². The van der Waals surface area contributed by atoms with Gasteiger partial charge in [-0.2, -0.15) is 10.2 Å². The van der Waals surface area contributed by atoms with Gasteiger partial charge >= 0.3 is 0 Å². The number of aromatic nitrogens is 5. The fraction of sp³-hybridized carbons (Fsp3) is 0.111. The van der Waals surface area contributed by atoms with Crippen LogP contribution in [0.4, 0.5) is 0 Å². The summed E-state index contributed by atoms with van der Waals surface area (Å²) in [5.41, 5.74) is 2.96. The van der Waals surface area contributed by atoms with Crippen molar-refractivity contribution in [2.45, 2.75) is 6.54 Å². The molecule has 0 spiro atoms. The van der Waals surface area contributed by atoms with Gasteiger partial charge in [0.25, 0.3) is 5.91 Å². The molecule has 7 nitrogen and oxygen atoms in total. The summed E-state index contributed by atoms with van der Waals surface area (Å²) in [7, 11) is 1.76. The molecular weight excluding hydrogens is 396 g/mol. The summed E-state index contributed by atoms with van der Waals surface area (Å²) in [4.78, 5) is 18.6. The van der Waals surface area contributed by atoms with Gasteiger partial charge in [0.2, 0.25) is 0 Å². The molecule has 0 bridgehead atoms. The van der Waals surface area contributed by atoms with Crippen molar-refractivity contribution in [3.63, 3.8) is 0 Å². The SMILES string of the molecule is CN(Cc1ccc(-n2cccn2)cc1)C(=O)c1nn2cccnc2c1Br. The first kappa shape index (κ1) is 16.5. The van der Waals surface area contributed by atoms with Gasteiger partial charge in [0.05, 0.1) is 10.2 Å². The Kier molecular flexibility index (Phi) is 4.26. The zero-order valence-corrected chi connectivity index (χ0v) is 15.5. The predicted octanol–water partition coefficient (Wildman–Crippen LogP) is 2.95. The highest BCUT2D eigenvalue weighted by Gasteiger charge is 2.21. The van der Waals surface area contributed by atoms with Crippen LogP contribution in [-0.4, -0.2) is 42.2 Å². The topological polar surface area (TPSA) is 68.3 Å². The minimum atomic E-state index is -0.168. The van der Waals surface area contributed by atoms with Crippen molar-refractivity contribution in [2.75, 3.05) is 7.05 Å². The first-order valence-corrected chi connectivity index (χ1v) is 8.76. The number of rotatable bonds is 4. The lowest BCUT2D eigenvalue weighted by molar-refractivity contribution is 0.0778. The van der Waals surface area contributed by atoms with E-state index in [0.717, 1.165) is 11.3 Å². The van der Waals surface area contributed by atoms with E-state index in [9.17, 15) is 4.79 Å². The van der Waals surface area contributed by atoms with Crippen LogP contribution in [-0.2, 0) is 6.54 Å². The second-order valence-corrected chi connectivity index (χ2v) is 6.62. The maximum atomic E-state index is 12.8. The number of hydrogen-bond acceptors (Lipinski definition) is 4. The molecule has 3 aromatic heterocycles. The van der Waals surface area contributed by atoms with Crippen LogP contribution in [0.1, 0.15) is 16.1 Å². The van der Waals surface area contributed by atoms with Crippen LogP contribution < -0.4 is 0 Å². The van der Waals surface area contributed by atoms with Gasteiger partial charge in [0, 0.05) is 38.4 Å². The molecule has 4 aromatic rings. The minimum Gasteiger partial charge on any atom is -0.336 e. The summed E-state index contributed by atoms with van der Waals surface area (Å²) in [6.07, 6.45) is 7.06. The summed E-state index contributed by atoms with van der Waals surface area (Å²) in [5, 5.41) is 8.53. The molecule has 0 unspecified atom stereocenters. The maximum Gasteiger partial charge on any atom is 0.275 e. The number of carbonyl (C=O) groups is 1. The normalized spacial score (nSPS) is 11.0. The number of hydrogen-bond donors (Lipinski definition) is 0. The number of nitrogens with zero attached hydrogens (tertiary/aromatic N) is 6. The van der Waals surface area contributed by atoms with Crippen LogP contribution in [0, 0.1) is 0 Å². The van der Waals surface area contributed by atoms with E-state index in [-0.39, 0.29) is 5.91 Å². The zero-order chi connectivity index (χ0) is 18.1. The number of halogens is 1. The summed E-state index contributed by atoms with van der Waals surface area (Å²) >= 11 is 3.43. The maximum absolute atomic E-state index is 12.8. The van der Waals surface area contributed by atoms with Crippen molar-refractivity contribution < 1.29 is 4.79 Å². The predicted molar refractivity (Wildman–Crippen MR) is 100 cm³/mol. The average Bonchev–Trinajstić information content (AvgIpc) is 3.31. The monoisotopic (exact) mass is 410 g/mol. The first-order chi connectivity index (χ1) is 12.6. The number of carbonyl (C=O) groups excluding carboxylic acids is 1. The smallest absolute Gasteiger partial charge is 0.275 e. The van der Waals surface area contributed by atoms with Crippen molar-refractivity contribution in [1.29, 1.82) is 0 Å². The zero-order valence-electron chi connectivity index (χ0n) is 14.0. The molecular formula is C18H15BrN6O. The number of amides is 1. The Labute approximate surface area is 158 Å². The van der Waals surface area contributed by atoms with Gasteiger partial charge in [0.1, 0.15) is 0 Å². The molecule has 0 aliphatic carbocycles. The molecule has 8 heteroatoms. The van der Waals surface area contributed by atoms with E-state index in [1.54, 1.807) is 45.8 Å². The Bertz CT molecular complexity index is 1060. The minimum absolute atomic E-state index is 0.168.